The number of rotatable bonds is 22. The Labute approximate surface area is 319 Å². The smallest absolute Gasteiger partial charge is 0.417 e. The molecule has 2 aromatic carbocycles. The molecule has 2 aromatic rings. The molecule has 0 aromatic heterocycles. The van der Waals surface area contributed by atoms with Crippen molar-refractivity contribution in [2.24, 2.45) is 5.41 Å². The van der Waals surface area contributed by atoms with E-state index in [4.69, 9.17) is 28.4 Å². The van der Waals surface area contributed by atoms with Crippen LogP contribution in [0.4, 0.5) is 4.39 Å². The maximum absolute atomic E-state index is 15.2. The van der Waals surface area contributed by atoms with Crippen LogP contribution in [-0.4, -0.2) is 83.1 Å². The summed E-state index contributed by atoms with van der Waals surface area (Å²) in [7, 11) is 1.90. The largest absolute Gasteiger partial charge is 0.492 e. The van der Waals surface area contributed by atoms with Gasteiger partial charge in [-0.15, -0.1) is 0 Å². The highest BCUT2D eigenvalue weighted by molar-refractivity contribution is 6.30. The van der Waals surface area contributed by atoms with Gasteiger partial charge in [0.15, 0.2) is 11.6 Å². The molecule has 0 aliphatic carbocycles. The first-order chi connectivity index (χ1) is 26.2. The quantitative estimate of drug-likeness (QED) is 0.0464. The first-order valence-electron chi connectivity index (χ1n) is 17.5. The summed E-state index contributed by atoms with van der Waals surface area (Å²) in [6.07, 6.45) is 6.38. The first kappa shape index (κ1) is 45.4. The second kappa shape index (κ2) is 23.1. The van der Waals surface area contributed by atoms with Crippen LogP contribution in [0.2, 0.25) is 0 Å². The van der Waals surface area contributed by atoms with Gasteiger partial charge in [0, 0.05) is 16.7 Å². The Hall–Kier alpha value is -5.73. The molecule has 0 unspecified atom stereocenters. The Morgan fingerprint density at radius 2 is 1.09 bits per heavy atom. The summed E-state index contributed by atoms with van der Waals surface area (Å²) >= 11 is 0. The zero-order valence-electron chi connectivity index (χ0n) is 32.0. The molecular formula is C40H49FO14. The van der Waals surface area contributed by atoms with E-state index in [2.05, 4.69) is 29.6 Å². The lowest BCUT2D eigenvalue weighted by Gasteiger charge is -2.32. The van der Waals surface area contributed by atoms with Crippen LogP contribution in [-0.2, 0) is 63.8 Å². The third-order valence-corrected chi connectivity index (χ3v) is 7.90. The van der Waals surface area contributed by atoms with Gasteiger partial charge in [0.2, 0.25) is 0 Å². The van der Waals surface area contributed by atoms with Crippen molar-refractivity contribution in [3.8, 4) is 22.6 Å². The third kappa shape index (κ3) is 15.3. The Morgan fingerprint density at radius 3 is 1.62 bits per heavy atom. The minimum absolute atomic E-state index is 0.000954. The number of halogens is 1. The van der Waals surface area contributed by atoms with E-state index in [9.17, 15) is 28.8 Å². The van der Waals surface area contributed by atoms with E-state index >= 15 is 4.39 Å². The van der Waals surface area contributed by atoms with E-state index in [1.807, 2.05) is 0 Å². The van der Waals surface area contributed by atoms with E-state index in [1.54, 1.807) is 18.2 Å². The fraction of sp³-hybridized carbons (Fsp3) is 0.450. The molecule has 0 spiro atoms. The molecule has 0 fully saturated rings. The molecule has 0 amide bonds. The molecule has 0 heterocycles. The summed E-state index contributed by atoms with van der Waals surface area (Å²) in [4.78, 5) is 73.0. The zero-order chi connectivity index (χ0) is 41.0. The van der Waals surface area contributed by atoms with Crippen molar-refractivity contribution in [2.45, 2.75) is 65.9 Å². The van der Waals surface area contributed by atoms with Crippen LogP contribution < -0.4 is 9.47 Å². The minimum atomic E-state index is -1.77. The maximum atomic E-state index is 15.2. The van der Waals surface area contributed by atoms with Crippen LogP contribution >= 0.6 is 0 Å². The zero-order valence-corrected chi connectivity index (χ0v) is 32.0. The van der Waals surface area contributed by atoms with E-state index in [-0.39, 0.29) is 34.8 Å². The van der Waals surface area contributed by atoms with Crippen molar-refractivity contribution < 1.29 is 71.1 Å². The Kier molecular flexibility index (Phi) is 19.1. The predicted octanol–water partition coefficient (Wildman–Crippen LogP) is 5.77. The van der Waals surface area contributed by atoms with Gasteiger partial charge in [-0.3, -0.25) is 0 Å². The SMILES string of the molecule is C=C(C)C(=O)OCc1cc(-c2ccc(OCCCCCCCC)c(F)c2)ccc1OCC(COC(=O)C(=C)C)(COC(=O)C(=O)OC)COC(=O)C(=O)OC. The number of ether oxygens (including phenoxy) is 8. The second-order valence-electron chi connectivity index (χ2n) is 12.7. The lowest BCUT2D eigenvalue weighted by atomic mass is 9.92. The number of unbranched alkanes of at least 4 members (excludes halogenated alkanes) is 5. The van der Waals surface area contributed by atoms with Crippen molar-refractivity contribution in [3.63, 3.8) is 0 Å². The summed E-state index contributed by atoms with van der Waals surface area (Å²) in [6, 6.07) is 9.19. The maximum Gasteiger partial charge on any atom is 0.417 e. The summed E-state index contributed by atoms with van der Waals surface area (Å²) < 4.78 is 56.7. The monoisotopic (exact) mass is 772 g/mol. The topological polar surface area (TPSA) is 176 Å². The molecule has 14 nitrogen and oxygen atoms in total. The van der Waals surface area contributed by atoms with Crippen LogP contribution in [0.15, 0.2) is 60.7 Å². The molecule has 0 aliphatic rings. The number of benzene rings is 2. The van der Waals surface area contributed by atoms with Gasteiger partial charge in [0.1, 0.15) is 44.2 Å². The van der Waals surface area contributed by atoms with Crippen molar-refractivity contribution >= 4 is 35.8 Å². The average molecular weight is 773 g/mol. The van der Waals surface area contributed by atoms with Crippen molar-refractivity contribution in [2.75, 3.05) is 47.3 Å². The molecule has 300 valence electrons. The van der Waals surface area contributed by atoms with Gasteiger partial charge in [0.25, 0.3) is 0 Å². The highest BCUT2D eigenvalue weighted by Crippen LogP contribution is 2.32. The number of hydrogen-bond donors (Lipinski definition) is 0. The summed E-state index contributed by atoms with van der Waals surface area (Å²) in [5, 5.41) is 0. The van der Waals surface area contributed by atoms with Crippen LogP contribution in [0.25, 0.3) is 11.1 Å². The fourth-order valence-corrected chi connectivity index (χ4v) is 4.69. The molecule has 0 N–H and O–H groups in total. The normalized spacial score (nSPS) is 10.7. The highest BCUT2D eigenvalue weighted by atomic mass is 19.1. The Balaban J connectivity index is 2.47. The lowest BCUT2D eigenvalue weighted by Crippen LogP contribution is -2.45. The van der Waals surface area contributed by atoms with Gasteiger partial charge in [-0.05, 0) is 55.7 Å². The fourth-order valence-electron chi connectivity index (χ4n) is 4.69. The van der Waals surface area contributed by atoms with Crippen LogP contribution in [0, 0.1) is 11.2 Å². The minimum Gasteiger partial charge on any atom is -0.492 e. The van der Waals surface area contributed by atoms with Crippen LogP contribution in [0.3, 0.4) is 0 Å². The molecule has 15 heteroatoms. The van der Waals surface area contributed by atoms with Gasteiger partial charge >= 0.3 is 35.8 Å². The first-order valence-corrected chi connectivity index (χ1v) is 17.5. The van der Waals surface area contributed by atoms with Crippen molar-refractivity contribution in [3.05, 3.63) is 72.1 Å². The predicted molar refractivity (Wildman–Crippen MR) is 195 cm³/mol. The highest BCUT2D eigenvalue weighted by Gasteiger charge is 2.39. The van der Waals surface area contributed by atoms with E-state index in [0.717, 1.165) is 46.3 Å². The summed E-state index contributed by atoms with van der Waals surface area (Å²) in [5.74, 6) is -7.52. The van der Waals surface area contributed by atoms with Crippen molar-refractivity contribution in [1.82, 2.24) is 0 Å². The van der Waals surface area contributed by atoms with Gasteiger partial charge < -0.3 is 37.9 Å². The Morgan fingerprint density at radius 1 is 0.600 bits per heavy atom. The van der Waals surface area contributed by atoms with Crippen LogP contribution in [0.5, 0.6) is 11.5 Å². The number of methoxy groups -OCH3 is 2. The Bertz CT molecular complexity index is 1670. The standard InChI is InChI=1S/C40H49FO14/c1-8-9-10-11-12-13-18-50-33-17-15-29(20-31(33)41)28-14-16-32(30(19-28)21-51-34(42)26(2)3)52-22-40(23-53-35(43)27(4)5,24-54-38(46)36(44)48-6)25-55-39(47)37(45)49-7/h14-17,19-20H,2,4,8-13,18,21-25H2,1,3,5-7H3. The van der Waals surface area contributed by atoms with Gasteiger partial charge in [0.05, 0.1) is 20.8 Å². The number of hydrogen-bond acceptors (Lipinski definition) is 14. The van der Waals surface area contributed by atoms with Gasteiger partial charge in [-0.25, -0.2) is 33.2 Å². The number of carbonyl (C=O) groups excluding carboxylic acids is 6. The van der Waals surface area contributed by atoms with E-state index in [0.29, 0.717) is 17.7 Å². The molecule has 0 atom stereocenters. The van der Waals surface area contributed by atoms with E-state index in [1.165, 1.54) is 38.5 Å². The molecular weight excluding hydrogens is 723 g/mol. The average Bonchev–Trinajstić information content (AvgIpc) is 3.18. The number of esters is 6. The van der Waals surface area contributed by atoms with Crippen molar-refractivity contribution in [1.29, 1.82) is 0 Å². The molecule has 0 aliphatic heterocycles. The number of carbonyl (C=O) groups is 6. The van der Waals surface area contributed by atoms with Gasteiger partial charge in [-0.2, -0.15) is 0 Å². The molecule has 2 rings (SSSR count). The molecule has 0 saturated heterocycles. The lowest BCUT2D eigenvalue weighted by molar-refractivity contribution is -0.177. The second-order valence-corrected chi connectivity index (χ2v) is 12.7. The van der Waals surface area contributed by atoms with Crippen LogP contribution in [0.1, 0.15) is 64.9 Å². The molecule has 0 saturated carbocycles. The molecule has 55 heavy (non-hydrogen) atoms. The van der Waals surface area contributed by atoms with Gasteiger partial charge in [-0.1, -0.05) is 64.3 Å². The molecule has 0 radical (unpaired) electrons. The molecule has 0 bridgehead atoms. The summed E-state index contributed by atoms with van der Waals surface area (Å²) in [5.41, 5.74) is -0.391. The summed E-state index contributed by atoms with van der Waals surface area (Å²) in [6.45, 7) is 9.39. The van der Waals surface area contributed by atoms with E-state index < -0.39 is 73.5 Å². The third-order valence-electron chi connectivity index (χ3n) is 7.90.